The van der Waals surface area contributed by atoms with Gasteiger partial charge in [0.25, 0.3) is 0 Å². The third-order valence-corrected chi connectivity index (χ3v) is 6.83. The molecule has 2 amide bonds. The van der Waals surface area contributed by atoms with Crippen LogP contribution in [0.1, 0.15) is 49.7 Å². The standard InChI is InChI=1S/C20H26N2O/c23-19(22-6-5-17-3-1-2-4-18(17)13-22)21-20-10-14-7-15(11-20)9-16(8-14)12-20/h1-4,14-16H,5-13H2,(H,21,23). The molecule has 6 rings (SSSR count). The normalized spacial score (nSPS) is 37.6. The van der Waals surface area contributed by atoms with E-state index in [4.69, 9.17) is 0 Å². The molecular formula is C20H26N2O. The van der Waals surface area contributed by atoms with Crippen molar-refractivity contribution in [1.29, 1.82) is 0 Å². The highest BCUT2D eigenvalue weighted by molar-refractivity contribution is 5.75. The molecule has 1 heterocycles. The Morgan fingerprint density at radius 1 is 1.00 bits per heavy atom. The molecule has 0 radical (unpaired) electrons. The van der Waals surface area contributed by atoms with Crippen molar-refractivity contribution in [2.45, 2.75) is 57.0 Å². The molecule has 4 bridgehead atoms. The van der Waals surface area contributed by atoms with Gasteiger partial charge < -0.3 is 10.2 Å². The first-order chi connectivity index (χ1) is 11.2. The van der Waals surface area contributed by atoms with E-state index in [9.17, 15) is 4.79 Å². The first-order valence-electron chi connectivity index (χ1n) is 9.33. The first-order valence-corrected chi connectivity index (χ1v) is 9.33. The van der Waals surface area contributed by atoms with Gasteiger partial charge >= 0.3 is 6.03 Å². The Bertz CT molecular complexity index is 603. The minimum absolute atomic E-state index is 0.128. The number of nitrogens with one attached hydrogen (secondary N) is 1. The van der Waals surface area contributed by atoms with Crippen LogP contribution in [0.15, 0.2) is 24.3 Å². The summed E-state index contributed by atoms with van der Waals surface area (Å²) in [6, 6.07) is 8.73. The molecule has 1 aromatic rings. The summed E-state index contributed by atoms with van der Waals surface area (Å²) in [5, 5.41) is 3.51. The molecule has 3 heteroatoms. The second-order valence-corrected chi connectivity index (χ2v) is 8.57. The first kappa shape index (κ1) is 13.9. The van der Waals surface area contributed by atoms with Crippen molar-refractivity contribution in [2.24, 2.45) is 17.8 Å². The molecule has 0 atom stereocenters. The lowest BCUT2D eigenvalue weighted by Crippen LogP contribution is -2.62. The van der Waals surface area contributed by atoms with Crippen LogP contribution in [0.3, 0.4) is 0 Å². The zero-order valence-corrected chi connectivity index (χ0v) is 13.8. The monoisotopic (exact) mass is 310 g/mol. The molecule has 5 aliphatic rings. The molecular weight excluding hydrogens is 284 g/mol. The van der Waals surface area contributed by atoms with Crippen molar-refractivity contribution in [3.05, 3.63) is 35.4 Å². The van der Waals surface area contributed by atoms with Gasteiger partial charge in [-0.05, 0) is 73.8 Å². The molecule has 23 heavy (non-hydrogen) atoms. The van der Waals surface area contributed by atoms with Gasteiger partial charge in [0.2, 0.25) is 0 Å². The Hall–Kier alpha value is -1.51. The molecule has 1 N–H and O–H groups in total. The molecule has 0 aromatic heterocycles. The largest absolute Gasteiger partial charge is 0.333 e. The fourth-order valence-corrected chi connectivity index (χ4v) is 6.24. The molecule has 1 aromatic carbocycles. The zero-order chi connectivity index (χ0) is 15.4. The summed E-state index contributed by atoms with van der Waals surface area (Å²) in [4.78, 5) is 14.9. The van der Waals surface area contributed by atoms with Crippen molar-refractivity contribution in [3.63, 3.8) is 0 Å². The third kappa shape index (κ3) is 2.36. The van der Waals surface area contributed by atoms with E-state index in [1.54, 1.807) is 0 Å². The van der Waals surface area contributed by atoms with Crippen molar-refractivity contribution in [2.75, 3.05) is 6.54 Å². The molecule has 4 fully saturated rings. The molecule has 4 saturated carbocycles. The van der Waals surface area contributed by atoms with Gasteiger partial charge in [0.15, 0.2) is 0 Å². The second kappa shape index (κ2) is 4.99. The van der Waals surface area contributed by atoms with E-state index in [-0.39, 0.29) is 11.6 Å². The number of fused-ring (bicyclic) bond motifs is 1. The van der Waals surface area contributed by atoms with Crippen LogP contribution in [0.2, 0.25) is 0 Å². The number of nitrogens with zero attached hydrogens (tertiary/aromatic N) is 1. The predicted octanol–water partition coefficient (Wildman–Crippen LogP) is 3.72. The lowest BCUT2D eigenvalue weighted by molar-refractivity contribution is -0.0159. The fourth-order valence-electron chi connectivity index (χ4n) is 6.24. The van der Waals surface area contributed by atoms with Gasteiger partial charge in [-0.2, -0.15) is 0 Å². The predicted molar refractivity (Wildman–Crippen MR) is 90.0 cm³/mol. The van der Waals surface area contributed by atoms with Crippen LogP contribution >= 0.6 is 0 Å². The fraction of sp³-hybridized carbons (Fsp3) is 0.650. The molecule has 122 valence electrons. The van der Waals surface area contributed by atoms with Gasteiger partial charge in [-0.3, -0.25) is 0 Å². The minimum Gasteiger partial charge on any atom is -0.333 e. The summed E-state index contributed by atoms with van der Waals surface area (Å²) < 4.78 is 0. The number of hydrogen-bond donors (Lipinski definition) is 1. The Morgan fingerprint density at radius 2 is 1.61 bits per heavy atom. The van der Waals surface area contributed by atoms with Crippen LogP contribution in [-0.4, -0.2) is 23.0 Å². The highest BCUT2D eigenvalue weighted by atomic mass is 16.2. The molecule has 4 aliphatic carbocycles. The highest BCUT2D eigenvalue weighted by Crippen LogP contribution is 2.55. The maximum atomic E-state index is 12.9. The van der Waals surface area contributed by atoms with E-state index in [1.165, 1.54) is 49.7 Å². The number of hydrogen-bond acceptors (Lipinski definition) is 1. The van der Waals surface area contributed by atoms with Gasteiger partial charge in [0, 0.05) is 18.6 Å². The lowest BCUT2D eigenvalue weighted by Gasteiger charge is -2.57. The summed E-state index contributed by atoms with van der Waals surface area (Å²) in [5.74, 6) is 2.64. The number of amides is 2. The van der Waals surface area contributed by atoms with Crippen molar-refractivity contribution >= 4 is 6.03 Å². The number of carbonyl (C=O) groups excluding carboxylic acids is 1. The van der Waals surface area contributed by atoms with Crippen LogP contribution in [0.4, 0.5) is 4.79 Å². The number of carbonyl (C=O) groups is 1. The molecule has 0 unspecified atom stereocenters. The maximum Gasteiger partial charge on any atom is 0.318 e. The van der Waals surface area contributed by atoms with Gasteiger partial charge in [-0.1, -0.05) is 24.3 Å². The topological polar surface area (TPSA) is 32.3 Å². The van der Waals surface area contributed by atoms with Crippen LogP contribution in [-0.2, 0) is 13.0 Å². The number of benzene rings is 1. The Kier molecular flexibility index (Phi) is 3.01. The van der Waals surface area contributed by atoms with Crippen LogP contribution in [0.25, 0.3) is 0 Å². The molecule has 0 spiro atoms. The van der Waals surface area contributed by atoms with Crippen molar-refractivity contribution in [1.82, 2.24) is 10.2 Å². The van der Waals surface area contributed by atoms with Crippen LogP contribution in [0.5, 0.6) is 0 Å². The third-order valence-electron chi connectivity index (χ3n) is 6.83. The minimum atomic E-state index is 0.128. The van der Waals surface area contributed by atoms with Gasteiger partial charge in [-0.15, -0.1) is 0 Å². The molecule has 3 nitrogen and oxygen atoms in total. The SMILES string of the molecule is O=C(NC12CC3CC(CC(C3)C1)C2)N1CCc2ccccc2C1. The second-order valence-electron chi connectivity index (χ2n) is 8.57. The number of urea groups is 1. The summed E-state index contributed by atoms with van der Waals surface area (Å²) in [6.07, 6.45) is 8.95. The van der Waals surface area contributed by atoms with Gasteiger partial charge in [0.1, 0.15) is 0 Å². The van der Waals surface area contributed by atoms with E-state index in [1.807, 2.05) is 4.90 Å². The maximum absolute atomic E-state index is 12.9. The van der Waals surface area contributed by atoms with Crippen LogP contribution in [0, 0.1) is 17.8 Å². The quantitative estimate of drug-likeness (QED) is 0.842. The summed E-state index contributed by atoms with van der Waals surface area (Å²) in [5.41, 5.74) is 2.86. The molecule has 1 aliphatic heterocycles. The van der Waals surface area contributed by atoms with E-state index < -0.39 is 0 Å². The highest BCUT2D eigenvalue weighted by Gasteiger charge is 2.51. The van der Waals surface area contributed by atoms with Gasteiger partial charge in [-0.25, -0.2) is 4.79 Å². The Morgan fingerprint density at radius 3 is 2.26 bits per heavy atom. The van der Waals surface area contributed by atoms with Gasteiger partial charge in [0.05, 0.1) is 0 Å². The zero-order valence-electron chi connectivity index (χ0n) is 13.8. The number of rotatable bonds is 1. The Labute approximate surface area is 138 Å². The molecule has 0 saturated heterocycles. The summed E-state index contributed by atoms with van der Waals surface area (Å²) in [6.45, 7) is 1.63. The smallest absolute Gasteiger partial charge is 0.318 e. The van der Waals surface area contributed by atoms with E-state index in [0.29, 0.717) is 0 Å². The van der Waals surface area contributed by atoms with Crippen LogP contribution < -0.4 is 5.32 Å². The average molecular weight is 310 g/mol. The van der Waals surface area contributed by atoms with E-state index in [2.05, 4.69) is 29.6 Å². The van der Waals surface area contributed by atoms with E-state index >= 15 is 0 Å². The Balaban J connectivity index is 1.31. The van der Waals surface area contributed by atoms with Crippen molar-refractivity contribution in [3.8, 4) is 0 Å². The van der Waals surface area contributed by atoms with Crippen molar-refractivity contribution < 1.29 is 4.79 Å². The summed E-state index contributed by atoms with van der Waals surface area (Å²) >= 11 is 0. The summed E-state index contributed by atoms with van der Waals surface area (Å²) in [7, 11) is 0. The average Bonchev–Trinajstić information content (AvgIpc) is 2.52. The van der Waals surface area contributed by atoms with E-state index in [0.717, 1.165) is 37.3 Å². The lowest BCUT2D eigenvalue weighted by atomic mass is 9.53.